The van der Waals surface area contributed by atoms with Gasteiger partial charge in [-0.2, -0.15) is 0 Å². The van der Waals surface area contributed by atoms with E-state index in [1.165, 1.54) is 17.3 Å². The molecule has 3 rings (SSSR count). The molecule has 24 heavy (non-hydrogen) atoms. The minimum atomic E-state index is -1.27. The van der Waals surface area contributed by atoms with Gasteiger partial charge in [0.25, 0.3) is 0 Å². The third-order valence-electron chi connectivity index (χ3n) is 4.01. The van der Waals surface area contributed by atoms with E-state index in [2.05, 4.69) is 48.1 Å². The second kappa shape index (κ2) is 6.28. The van der Waals surface area contributed by atoms with Gasteiger partial charge in [-0.15, -0.1) is 0 Å². The third kappa shape index (κ3) is 3.06. The predicted octanol–water partition coefficient (Wildman–Crippen LogP) is 3.75. The fraction of sp³-hybridized carbons (Fsp3) is 0.211. The first-order valence-electron chi connectivity index (χ1n) is 7.74. The van der Waals surface area contributed by atoms with Gasteiger partial charge in [0.2, 0.25) is 0 Å². The van der Waals surface area contributed by atoms with E-state index in [0.717, 1.165) is 5.56 Å². The molecule has 0 unspecified atom stereocenters. The number of aromatic carboxylic acids is 1. The van der Waals surface area contributed by atoms with Crippen LogP contribution in [0.3, 0.4) is 0 Å². The molecule has 1 aromatic carbocycles. The standard InChI is InChI=1S/C19H18N2O3/c1-11(2)14-5-3-12(4-6-14)7-13-8-15-10-21-17(19(23)24)18(22)16(15)20-9-13/h3-6,8-11,22H,7H2,1-2H3,(H,23,24). The van der Waals surface area contributed by atoms with Crippen molar-refractivity contribution in [2.24, 2.45) is 0 Å². The molecule has 0 aliphatic rings. The zero-order valence-electron chi connectivity index (χ0n) is 13.5. The SMILES string of the molecule is CC(C)c1ccc(Cc2cnc3c(O)c(C(=O)O)ncc3c2)cc1. The van der Waals surface area contributed by atoms with E-state index < -0.39 is 11.7 Å². The Kier molecular flexibility index (Phi) is 4.16. The van der Waals surface area contributed by atoms with Gasteiger partial charge in [-0.1, -0.05) is 38.1 Å². The first kappa shape index (κ1) is 15.9. The molecule has 0 amide bonds. The smallest absolute Gasteiger partial charge is 0.358 e. The van der Waals surface area contributed by atoms with Crippen LogP contribution in [0.5, 0.6) is 5.75 Å². The number of aromatic nitrogens is 2. The highest BCUT2D eigenvalue weighted by Crippen LogP contribution is 2.26. The molecule has 0 saturated heterocycles. The van der Waals surface area contributed by atoms with Crippen molar-refractivity contribution in [3.05, 3.63) is 65.1 Å². The minimum Gasteiger partial charge on any atom is -0.504 e. The van der Waals surface area contributed by atoms with Crippen molar-refractivity contribution in [2.45, 2.75) is 26.2 Å². The van der Waals surface area contributed by atoms with Gasteiger partial charge in [0.15, 0.2) is 11.4 Å². The number of hydrogen-bond acceptors (Lipinski definition) is 4. The van der Waals surface area contributed by atoms with Crippen LogP contribution in [0.2, 0.25) is 0 Å². The maximum Gasteiger partial charge on any atom is 0.358 e. The molecule has 0 saturated carbocycles. The van der Waals surface area contributed by atoms with Crippen molar-refractivity contribution in [1.29, 1.82) is 0 Å². The predicted molar refractivity (Wildman–Crippen MR) is 91.5 cm³/mol. The molecule has 0 spiro atoms. The summed E-state index contributed by atoms with van der Waals surface area (Å²) in [5.74, 6) is -1.17. The number of carboxylic acid groups (broad SMARTS) is 1. The number of hydrogen-bond donors (Lipinski definition) is 2. The quantitative estimate of drug-likeness (QED) is 0.764. The van der Waals surface area contributed by atoms with Crippen LogP contribution in [-0.2, 0) is 6.42 Å². The molecule has 2 heterocycles. The van der Waals surface area contributed by atoms with Crippen molar-refractivity contribution < 1.29 is 15.0 Å². The van der Waals surface area contributed by atoms with Crippen LogP contribution in [0.4, 0.5) is 0 Å². The van der Waals surface area contributed by atoms with Gasteiger partial charge in [0.1, 0.15) is 5.52 Å². The lowest BCUT2D eigenvalue weighted by Gasteiger charge is -2.08. The van der Waals surface area contributed by atoms with Crippen LogP contribution in [-0.4, -0.2) is 26.2 Å². The Balaban J connectivity index is 1.91. The Morgan fingerprint density at radius 2 is 1.79 bits per heavy atom. The number of fused-ring (bicyclic) bond motifs is 1. The summed E-state index contributed by atoms with van der Waals surface area (Å²) >= 11 is 0. The van der Waals surface area contributed by atoms with Gasteiger partial charge in [-0.25, -0.2) is 9.78 Å². The second-order valence-corrected chi connectivity index (χ2v) is 6.12. The molecule has 0 aliphatic carbocycles. The van der Waals surface area contributed by atoms with Crippen molar-refractivity contribution in [2.75, 3.05) is 0 Å². The number of aromatic hydroxyl groups is 1. The normalized spacial score (nSPS) is 11.1. The fourth-order valence-corrected chi connectivity index (χ4v) is 2.64. The summed E-state index contributed by atoms with van der Waals surface area (Å²) in [4.78, 5) is 19.0. The maximum atomic E-state index is 11.0. The van der Waals surface area contributed by atoms with Crippen molar-refractivity contribution >= 4 is 16.9 Å². The summed E-state index contributed by atoms with van der Waals surface area (Å²) in [5.41, 5.74) is 3.31. The van der Waals surface area contributed by atoms with Gasteiger partial charge < -0.3 is 10.2 Å². The minimum absolute atomic E-state index is 0.251. The molecular formula is C19H18N2O3. The molecule has 0 radical (unpaired) electrons. The van der Waals surface area contributed by atoms with Gasteiger partial charge in [0, 0.05) is 17.8 Å². The molecule has 2 N–H and O–H groups in total. The van der Waals surface area contributed by atoms with E-state index in [-0.39, 0.29) is 11.2 Å². The van der Waals surface area contributed by atoms with Gasteiger partial charge in [-0.3, -0.25) is 4.98 Å². The third-order valence-corrected chi connectivity index (χ3v) is 4.01. The second-order valence-electron chi connectivity index (χ2n) is 6.12. The lowest BCUT2D eigenvalue weighted by molar-refractivity contribution is 0.0687. The Morgan fingerprint density at radius 3 is 2.42 bits per heavy atom. The highest BCUT2D eigenvalue weighted by molar-refractivity contribution is 5.96. The van der Waals surface area contributed by atoms with E-state index in [1.54, 1.807) is 6.20 Å². The Labute approximate surface area is 139 Å². The summed E-state index contributed by atoms with van der Waals surface area (Å²) in [6.45, 7) is 4.32. The average Bonchev–Trinajstić information content (AvgIpc) is 2.55. The van der Waals surface area contributed by atoms with Crippen molar-refractivity contribution in [3.63, 3.8) is 0 Å². The Morgan fingerprint density at radius 1 is 1.08 bits per heavy atom. The number of pyridine rings is 2. The Bertz CT molecular complexity index is 902. The van der Waals surface area contributed by atoms with Crippen LogP contribution in [0.1, 0.15) is 46.9 Å². The van der Waals surface area contributed by atoms with Crippen LogP contribution in [0.15, 0.2) is 42.7 Å². The number of carboxylic acids is 1. The highest BCUT2D eigenvalue weighted by atomic mass is 16.4. The topological polar surface area (TPSA) is 83.3 Å². The van der Waals surface area contributed by atoms with Crippen LogP contribution in [0, 0.1) is 0 Å². The number of nitrogens with zero attached hydrogens (tertiary/aromatic N) is 2. The fourth-order valence-electron chi connectivity index (χ4n) is 2.64. The van der Waals surface area contributed by atoms with Gasteiger partial charge in [-0.05, 0) is 35.1 Å². The molecule has 2 aromatic heterocycles. The first-order valence-corrected chi connectivity index (χ1v) is 7.74. The molecule has 0 aliphatic heterocycles. The number of carbonyl (C=O) groups is 1. The van der Waals surface area contributed by atoms with Crippen LogP contribution in [0.25, 0.3) is 10.9 Å². The van der Waals surface area contributed by atoms with Gasteiger partial charge >= 0.3 is 5.97 Å². The molecule has 3 aromatic rings. The molecule has 5 heteroatoms. The van der Waals surface area contributed by atoms with Crippen LogP contribution >= 0.6 is 0 Å². The lowest BCUT2D eigenvalue weighted by Crippen LogP contribution is -2.01. The molecule has 0 bridgehead atoms. The molecule has 0 atom stereocenters. The summed E-state index contributed by atoms with van der Waals surface area (Å²) in [6.07, 6.45) is 3.80. The van der Waals surface area contributed by atoms with E-state index in [9.17, 15) is 9.90 Å². The average molecular weight is 322 g/mol. The summed E-state index contributed by atoms with van der Waals surface area (Å²) < 4.78 is 0. The highest BCUT2D eigenvalue weighted by Gasteiger charge is 2.15. The van der Waals surface area contributed by atoms with Gasteiger partial charge in [0.05, 0.1) is 0 Å². The van der Waals surface area contributed by atoms with Crippen LogP contribution < -0.4 is 0 Å². The zero-order valence-corrected chi connectivity index (χ0v) is 13.5. The van der Waals surface area contributed by atoms with E-state index >= 15 is 0 Å². The monoisotopic (exact) mass is 322 g/mol. The largest absolute Gasteiger partial charge is 0.504 e. The summed E-state index contributed by atoms with van der Waals surface area (Å²) in [6, 6.07) is 10.3. The van der Waals surface area contributed by atoms with E-state index in [4.69, 9.17) is 5.11 Å². The Hall–Kier alpha value is -2.95. The van der Waals surface area contributed by atoms with Crippen molar-refractivity contribution in [3.8, 4) is 5.75 Å². The molecular weight excluding hydrogens is 304 g/mol. The summed E-state index contributed by atoms with van der Waals surface area (Å²) in [7, 11) is 0. The lowest BCUT2D eigenvalue weighted by atomic mass is 9.99. The number of rotatable bonds is 4. The molecule has 5 nitrogen and oxygen atoms in total. The maximum absolute atomic E-state index is 11.0. The van der Waals surface area contributed by atoms with Crippen molar-refractivity contribution in [1.82, 2.24) is 9.97 Å². The zero-order chi connectivity index (χ0) is 17.3. The molecule has 0 fully saturated rings. The number of benzene rings is 1. The van der Waals surface area contributed by atoms with E-state index in [0.29, 0.717) is 17.7 Å². The summed E-state index contributed by atoms with van der Waals surface area (Å²) in [5, 5.41) is 19.6. The van der Waals surface area contributed by atoms with E-state index in [1.807, 2.05) is 6.07 Å². The first-order chi connectivity index (χ1) is 11.5. The molecule has 122 valence electrons.